The summed E-state index contributed by atoms with van der Waals surface area (Å²) in [5.41, 5.74) is 2.46. The van der Waals surface area contributed by atoms with Gasteiger partial charge in [0.1, 0.15) is 0 Å². The minimum absolute atomic E-state index is 0.211. The summed E-state index contributed by atoms with van der Waals surface area (Å²) < 4.78 is 0. The molecule has 74 valence electrons. The van der Waals surface area contributed by atoms with Crippen molar-refractivity contribution in [2.24, 2.45) is 0 Å². The highest BCUT2D eigenvalue weighted by Crippen LogP contribution is 2.15. The van der Waals surface area contributed by atoms with Crippen LogP contribution in [0.4, 0.5) is 0 Å². The van der Waals surface area contributed by atoms with E-state index in [0.717, 1.165) is 12.8 Å². The van der Waals surface area contributed by atoms with Gasteiger partial charge in [0.15, 0.2) is 0 Å². The maximum atomic E-state index is 9.18. The molecule has 0 saturated carbocycles. The Labute approximate surface area is 83.6 Å². The van der Waals surface area contributed by atoms with Crippen LogP contribution in [0.5, 0.6) is 0 Å². The van der Waals surface area contributed by atoms with Crippen LogP contribution in [0.1, 0.15) is 18.9 Å². The molecule has 0 unspecified atom stereocenters. The fraction of sp³-hybridized carbons (Fsp3) is 0.333. The zero-order chi connectivity index (χ0) is 9.97. The lowest BCUT2D eigenvalue weighted by atomic mass is 10.1. The lowest BCUT2D eigenvalue weighted by molar-refractivity contribution is 0.185. The highest BCUT2D eigenvalue weighted by molar-refractivity contribution is 5.79. The van der Waals surface area contributed by atoms with Gasteiger partial charge >= 0.3 is 0 Å². The van der Waals surface area contributed by atoms with E-state index in [-0.39, 0.29) is 6.10 Å². The number of aryl methyl sites for hydroxylation is 1. The molecular weight excluding hydrogens is 174 g/mol. The maximum absolute atomic E-state index is 9.18. The number of aliphatic hydroxyl groups is 1. The Balaban J connectivity index is 2.17. The smallest absolute Gasteiger partial charge is 0.0515 e. The summed E-state index contributed by atoms with van der Waals surface area (Å²) in [6.07, 6.45) is 3.51. The van der Waals surface area contributed by atoms with Gasteiger partial charge in [-0.15, -0.1) is 0 Å². The van der Waals surface area contributed by atoms with Crippen molar-refractivity contribution >= 4 is 10.9 Å². The van der Waals surface area contributed by atoms with Crippen LogP contribution >= 0.6 is 0 Å². The molecule has 1 atom stereocenters. The van der Waals surface area contributed by atoms with E-state index in [9.17, 15) is 5.11 Å². The first-order valence-electron chi connectivity index (χ1n) is 5.00. The van der Waals surface area contributed by atoms with Gasteiger partial charge in [-0.1, -0.05) is 6.07 Å². The van der Waals surface area contributed by atoms with Crippen LogP contribution < -0.4 is 0 Å². The van der Waals surface area contributed by atoms with Crippen molar-refractivity contribution < 1.29 is 5.11 Å². The predicted octanol–water partition coefficient (Wildman–Crippen LogP) is 2.48. The first-order chi connectivity index (χ1) is 6.75. The molecule has 2 N–H and O–H groups in total. The number of rotatable bonds is 3. The van der Waals surface area contributed by atoms with Crippen LogP contribution in [0.15, 0.2) is 30.5 Å². The molecule has 0 bridgehead atoms. The van der Waals surface area contributed by atoms with Crippen molar-refractivity contribution in [1.29, 1.82) is 0 Å². The number of hydrogen-bond donors (Lipinski definition) is 2. The zero-order valence-corrected chi connectivity index (χ0v) is 8.33. The molecule has 1 aromatic heterocycles. The molecule has 1 heterocycles. The Morgan fingerprint density at radius 1 is 1.36 bits per heavy atom. The average molecular weight is 189 g/mol. The van der Waals surface area contributed by atoms with Crippen LogP contribution in [0.25, 0.3) is 10.9 Å². The lowest BCUT2D eigenvalue weighted by Crippen LogP contribution is -2.01. The second kappa shape index (κ2) is 3.84. The average Bonchev–Trinajstić information content (AvgIpc) is 2.61. The second-order valence-electron chi connectivity index (χ2n) is 3.79. The van der Waals surface area contributed by atoms with Crippen LogP contribution in [-0.2, 0) is 6.42 Å². The fourth-order valence-corrected chi connectivity index (χ4v) is 1.63. The van der Waals surface area contributed by atoms with Crippen molar-refractivity contribution in [3.05, 3.63) is 36.0 Å². The number of benzene rings is 1. The molecule has 0 fully saturated rings. The van der Waals surface area contributed by atoms with Gasteiger partial charge in [0, 0.05) is 11.7 Å². The summed E-state index contributed by atoms with van der Waals surface area (Å²) in [5.74, 6) is 0. The summed E-state index contributed by atoms with van der Waals surface area (Å²) in [5, 5.41) is 10.4. The summed E-state index contributed by atoms with van der Waals surface area (Å²) in [7, 11) is 0. The van der Waals surface area contributed by atoms with Crippen molar-refractivity contribution in [2.45, 2.75) is 25.9 Å². The van der Waals surface area contributed by atoms with Gasteiger partial charge in [0.2, 0.25) is 0 Å². The lowest BCUT2D eigenvalue weighted by Gasteiger charge is -2.04. The van der Waals surface area contributed by atoms with Crippen molar-refractivity contribution in [1.82, 2.24) is 4.98 Å². The SMILES string of the molecule is C[C@H](O)CCc1ccc2[nH]ccc2c1. The molecular formula is C12H15NO. The molecule has 0 aliphatic rings. The number of aromatic nitrogens is 1. The standard InChI is InChI=1S/C12H15NO/c1-9(14)2-3-10-4-5-12-11(8-10)6-7-13-12/h4-9,13-14H,2-3H2,1H3/t9-/m0/s1. The van der Waals surface area contributed by atoms with E-state index in [1.165, 1.54) is 16.5 Å². The molecule has 1 aromatic carbocycles. The molecule has 2 rings (SSSR count). The van der Waals surface area contributed by atoms with E-state index in [2.05, 4.69) is 29.2 Å². The van der Waals surface area contributed by atoms with E-state index in [0.29, 0.717) is 0 Å². The summed E-state index contributed by atoms with van der Waals surface area (Å²) in [6, 6.07) is 8.45. The van der Waals surface area contributed by atoms with Crippen molar-refractivity contribution in [3.63, 3.8) is 0 Å². The third-order valence-corrected chi connectivity index (χ3v) is 2.47. The zero-order valence-electron chi connectivity index (χ0n) is 8.33. The first kappa shape index (κ1) is 9.28. The number of H-pyrrole nitrogens is 1. The summed E-state index contributed by atoms with van der Waals surface area (Å²) >= 11 is 0. The Kier molecular flexibility index (Phi) is 2.55. The minimum Gasteiger partial charge on any atom is -0.393 e. The van der Waals surface area contributed by atoms with Gasteiger partial charge in [-0.05, 0) is 48.9 Å². The Hall–Kier alpha value is -1.28. The monoisotopic (exact) mass is 189 g/mol. The van der Waals surface area contributed by atoms with E-state index in [4.69, 9.17) is 0 Å². The number of hydrogen-bond acceptors (Lipinski definition) is 1. The van der Waals surface area contributed by atoms with E-state index >= 15 is 0 Å². The third kappa shape index (κ3) is 1.96. The van der Waals surface area contributed by atoms with Crippen LogP contribution in [0.3, 0.4) is 0 Å². The van der Waals surface area contributed by atoms with E-state index in [1.54, 1.807) is 0 Å². The van der Waals surface area contributed by atoms with Gasteiger partial charge in [-0.25, -0.2) is 0 Å². The molecule has 0 spiro atoms. The molecule has 0 aliphatic carbocycles. The van der Waals surface area contributed by atoms with Crippen LogP contribution in [-0.4, -0.2) is 16.2 Å². The second-order valence-corrected chi connectivity index (χ2v) is 3.79. The molecule has 0 saturated heterocycles. The molecule has 2 aromatic rings. The van der Waals surface area contributed by atoms with Gasteiger partial charge in [-0.3, -0.25) is 0 Å². The van der Waals surface area contributed by atoms with Gasteiger partial charge < -0.3 is 10.1 Å². The molecule has 0 radical (unpaired) electrons. The Morgan fingerprint density at radius 2 is 2.21 bits per heavy atom. The van der Waals surface area contributed by atoms with Gasteiger partial charge in [-0.2, -0.15) is 0 Å². The topological polar surface area (TPSA) is 36.0 Å². The van der Waals surface area contributed by atoms with Crippen LogP contribution in [0, 0.1) is 0 Å². The van der Waals surface area contributed by atoms with Crippen molar-refractivity contribution in [3.8, 4) is 0 Å². The first-order valence-corrected chi connectivity index (χ1v) is 5.00. The molecule has 14 heavy (non-hydrogen) atoms. The number of fused-ring (bicyclic) bond motifs is 1. The van der Waals surface area contributed by atoms with Crippen molar-refractivity contribution in [2.75, 3.05) is 0 Å². The maximum Gasteiger partial charge on any atom is 0.0515 e. The van der Waals surface area contributed by atoms with Crippen LogP contribution in [0.2, 0.25) is 0 Å². The quantitative estimate of drug-likeness (QED) is 0.764. The third-order valence-electron chi connectivity index (χ3n) is 2.47. The normalized spacial score (nSPS) is 13.3. The number of aliphatic hydroxyl groups excluding tert-OH is 1. The molecule has 0 amide bonds. The largest absolute Gasteiger partial charge is 0.393 e. The summed E-state index contributed by atoms with van der Waals surface area (Å²) in [4.78, 5) is 3.16. The number of nitrogens with one attached hydrogen (secondary N) is 1. The van der Waals surface area contributed by atoms with Gasteiger partial charge in [0.05, 0.1) is 6.10 Å². The van der Waals surface area contributed by atoms with E-state index < -0.39 is 0 Å². The number of aromatic amines is 1. The highest BCUT2D eigenvalue weighted by atomic mass is 16.3. The minimum atomic E-state index is -0.211. The predicted molar refractivity (Wildman–Crippen MR) is 58.3 cm³/mol. The molecule has 2 nitrogen and oxygen atoms in total. The Morgan fingerprint density at radius 3 is 3.00 bits per heavy atom. The van der Waals surface area contributed by atoms with Gasteiger partial charge in [0.25, 0.3) is 0 Å². The van der Waals surface area contributed by atoms with E-state index in [1.807, 2.05) is 13.1 Å². The molecule has 0 aliphatic heterocycles. The fourth-order valence-electron chi connectivity index (χ4n) is 1.63. The summed E-state index contributed by atoms with van der Waals surface area (Å²) in [6.45, 7) is 1.83. The Bertz CT molecular complexity index is 417. The molecule has 2 heteroatoms. The highest BCUT2D eigenvalue weighted by Gasteiger charge is 1.99.